The Balaban J connectivity index is 1.85. The zero-order valence-corrected chi connectivity index (χ0v) is 13.7. The van der Waals surface area contributed by atoms with Gasteiger partial charge in [-0.25, -0.2) is 4.79 Å². The molecule has 2 aromatic rings. The molecular formula is C19H19NO4. The fourth-order valence-corrected chi connectivity index (χ4v) is 3.13. The van der Waals surface area contributed by atoms with E-state index in [4.69, 9.17) is 9.47 Å². The number of aromatic nitrogens is 1. The lowest BCUT2D eigenvalue weighted by atomic mass is 10.0. The van der Waals surface area contributed by atoms with Crippen LogP contribution < -0.4 is 5.56 Å². The zero-order valence-electron chi connectivity index (χ0n) is 13.7. The molecule has 1 saturated carbocycles. The van der Waals surface area contributed by atoms with Crippen molar-refractivity contribution in [3.05, 3.63) is 63.1 Å². The molecule has 0 radical (unpaired) electrons. The van der Waals surface area contributed by atoms with Crippen molar-refractivity contribution in [2.75, 3.05) is 13.7 Å². The second-order valence-electron chi connectivity index (χ2n) is 6.44. The van der Waals surface area contributed by atoms with Crippen LogP contribution in [0.3, 0.4) is 0 Å². The number of benzene rings is 1. The summed E-state index contributed by atoms with van der Waals surface area (Å²) in [5.41, 5.74) is 3.27. The van der Waals surface area contributed by atoms with Gasteiger partial charge in [0, 0.05) is 17.4 Å². The van der Waals surface area contributed by atoms with Crippen LogP contribution in [0.5, 0.6) is 0 Å². The van der Waals surface area contributed by atoms with Crippen molar-refractivity contribution in [3.63, 3.8) is 0 Å². The van der Waals surface area contributed by atoms with Crippen LogP contribution in [0.2, 0.25) is 0 Å². The minimum Gasteiger partial charge on any atom is -0.465 e. The Labute approximate surface area is 139 Å². The van der Waals surface area contributed by atoms with E-state index in [-0.39, 0.29) is 17.2 Å². The molecule has 1 aliphatic carbocycles. The van der Waals surface area contributed by atoms with Crippen molar-refractivity contribution < 1.29 is 14.3 Å². The maximum absolute atomic E-state index is 12.8. The Morgan fingerprint density at radius 2 is 1.92 bits per heavy atom. The van der Waals surface area contributed by atoms with Crippen molar-refractivity contribution in [3.8, 4) is 5.69 Å². The van der Waals surface area contributed by atoms with Crippen LogP contribution in [0.4, 0.5) is 0 Å². The molecule has 4 rings (SSSR count). The van der Waals surface area contributed by atoms with Gasteiger partial charge in [-0.05, 0) is 48.9 Å². The Morgan fingerprint density at radius 1 is 1.25 bits per heavy atom. The van der Waals surface area contributed by atoms with Gasteiger partial charge in [0.25, 0.3) is 5.56 Å². The highest BCUT2D eigenvalue weighted by Crippen LogP contribution is 2.40. The summed E-state index contributed by atoms with van der Waals surface area (Å²) < 4.78 is 11.7. The number of esters is 1. The lowest BCUT2D eigenvalue weighted by molar-refractivity contribution is 0.0597. The van der Waals surface area contributed by atoms with Gasteiger partial charge < -0.3 is 9.47 Å². The van der Waals surface area contributed by atoms with Gasteiger partial charge >= 0.3 is 5.97 Å². The Kier molecular flexibility index (Phi) is 3.53. The Hall–Kier alpha value is -2.40. The molecule has 0 spiro atoms. The number of ether oxygens (including phenoxy) is 2. The molecule has 5 heteroatoms. The van der Waals surface area contributed by atoms with Gasteiger partial charge in [0.15, 0.2) is 0 Å². The van der Waals surface area contributed by atoms with Crippen molar-refractivity contribution in [1.82, 2.24) is 4.57 Å². The summed E-state index contributed by atoms with van der Waals surface area (Å²) >= 11 is 0. The van der Waals surface area contributed by atoms with E-state index in [1.165, 1.54) is 30.1 Å². The van der Waals surface area contributed by atoms with E-state index in [2.05, 4.69) is 12.1 Å². The molecule has 0 amide bonds. The van der Waals surface area contributed by atoms with E-state index >= 15 is 0 Å². The first-order valence-corrected chi connectivity index (χ1v) is 8.16. The molecule has 1 unspecified atom stereocenters. The lowest BCUT2D eigenvalue weighted by Crippen LogP contribution is -2.28. The van der Waals surface area contributed by atoms with Crippen molar-refractivity contribution in [2.45, 2.75) is 31.8 Å². The van der Waals surface area contributed by atoms with Gasteiger partial charge in [0.05, 0.1) is 13.7 Å². The first-order chi connectivity index (χ1) is 11.6. The number of pyridine rings is 1. The van der Waals surface area contributed by atoms with Crippen LogP contribution in [-0.4, -0.2) is 24.3 Å². The van der Waals surface area contributed by atoms with E-state index in [1.807, 2.05) is 12.1 Å². The molecule has 1 aromatic heterocycles. The molecule has 2 heterocycles. The molecule has 1 saturated heterocycles. The van der Waals surface area contributed by atoms with Crippen molar-refractivity contribution >= 4 is 5.97 Å². The second kappa shape index (κ2) is 5.60. The maximum Gasteiger partial charge on any atom is 0.343 e. The quantitative estimate of drug-likeness (QED) is 0.640. The molecule has 124 valence electrons. The van der Waals surface area contributed by atoms with Crippen LogP contribution in [-0.2, 0) is 9.47 Å². The summed E-state index contributed by atoms with van der Waals surface area (Å²) in [6.07, 6.45) is 4.21. The average Bonchev–Trinajstić information content (AvgIpc) is 3.48. The van der Waals surface area contributed by atoms with E-state index in [1.54, 1.807) is 13.1 Å². The highest BCUT2D eigenvalue weighted by atomic mass is 16.6. The minimum atomic E-state index is -0.608. The maximum atomic E-state index is 12.8. The number of epoxide rings is 1. The SMILES string of the molecule is COC(=O)c1c(C)c(C2CO2)cn(-c2ccc(C3CC3)cc2)c1=O. The van der Waals surface area contributed by atoms with Gasteiger partial charge in [-0.2, -0.15) is 0 Å². The molecule has 2 aliphatic rings. The van der Waals surface area contributed by atoms with Crippen molar-refractivity contribution in [2.24, 2.45) is 0 Å². The summed E-state index contributed by atoms with van der Waals surface area (Å²) in [6.45, 7) is 2.38. The highest BCUT2D eigenvalue weighted by molar-refractivity contribution is 5.91. The van der Waals surface area contributed by atoms with Gasteiger partial charge in [0.1, 0.15) is 11.7 Å². The first kappa shape index (κ1) is 15.1. The second-order valence-corrected chi connectivity index (χ2v) is 6.44. The predicted octanol–water partition coefficient (Wildman–Crippen LogP) is 2.88. The standard InChI is InChI=1S/C19H19NO4/c1-11-15(16-10-24-16)9-20(18(21)17(11)19(22)23-2)14-7-5-13(6-8-14)12-3-4-12/h5-9,12,16H,3-4,10H2,1-2H3. The third-order valence-corrected chi connectivity index (χ3v) is 4.80. The summed E-state index contributed by atoms with van der Waals surface area (Å²) in [5, 5.41) is 0. The topological polar surface area (TPSA) is 60.8 Å². The van der Waals surface area contributed by atoms with Crippen LogP contribution >= 0.6 is 0 Å². The average molecular weight is 325 g/mol. The molecule has 0 bridgehead atoms. The largest absolute Gasteiger partial charge is 0.465 e. The van der Waals surface area contributed by atoms with Gasteiger partial charge in [-0.15, -0.1) is 0 Å². The van der Waals surface area contributed by atoms with E-state index < -0.39 is 5.97 Å². The Morgan fingerprint density at radius 3 is 2.46 bits per heavy atom. The third kappa shape index (κ3) is 2.55. The third-order valence-electron chi connectivity index (χ3n) is 4.80. The number of rotatable bonds is 4. The van der Waals surface area contributed by atoms with E-state index in [0.29, 0.717) is 18.1 Å². The summed E-state index contributed by atoms with van der Waals surface area (Å²) in [6, 6.07) is 7.99. The monoisotopic (exact) mass is 325 g/mol. The molecule has 5 nitrogen and oxygen atoms in total. The normalized spacial score (nSPS) is 19.2. The first-order valence-electron chi connectivity index (χ1n) is 8.16. The number of nitrogens with zero attached hydrogens (tertiary/aromatic N) is 1. The minimum absolute atomic E-state index is 0.0500. The molecule has 24 heavy (non-hydrogen) atoms. The van der Waals surface area contributed by atoms with Gasteiger partial charge in [-0.3, -0.25) is 9.36 Å². The molecule has 1 aliphatic heterocycles. The highest BCUT2D eigenvalue weighted by Gasteiger charge is 2.31. The lowest BCUT2D eigenvalue weighted by Gasteiger charge is -2.14. The van der Waals surface area contributed by atoms with E-state index in [9.17, 15) is 9.59 Å². The van der Waals surface area contributed by atoms with Gasteiger partial charge in [0.2, 0.25) is 0 Å². The Bertz CT molecular complexity index is 858. The summed E-state index contributed by atoms with van der Waals surface area (Å²) in [7, 11) is 1.29. The van der Waals surface area contributed by atoms with Crippen LogP contribution in [0, 0.1) is 6.92 Å². The molecular weight excluding hydrogens is 306 g/mol. The smallest absolute Gasteiger partial charge is 0.343 e. The number of hydrogen-bond donors (Lipinski definition) is 0. The van der Waals surface area contributed by atoms with Gasteiger partial charge in [-0.1, -0.05) is 12.1 Å². The fourth-order valence-electron chi connectivity index (χ4n) is 3.13. The van der Waals surface area contributed by atoms with Crippen LogP contribution in [0.15, 0.2) is 35.3 Å². The number of carbonyl (C=O) groups excluding carboxylic acids is 1. The number of carbonyl (C=O) groups is 1. The summed E-state index contributed by atoms with van der Waals surface area (Å²) in [5.74, 6) is 0.0539. The molecule has 1 atom stereocenters. The zero-order chi connectivity index (χ0) is 16.8. The molecule has 1 aromatic carbocycles. The molecule has 0 N–H and O–H groups in total. The predicted molar refractivity (Wildman–Crippen MR) is 88.8 cm³/mol. The summed E-state index contributed by atoms with van der Waals surface area (Å²) in [4.78, 5) is 24.9. The van der Waals surface area contributed by atoms with Crippen LogP contribution in [0.1, 0.15) is 51.9 Å². The number of methoxy groups -OCH3 is 1. The molecule has 2 fully saturated rings. The fraction of sp³-hybridized carbons (Fsp3) is 0.368. The van der Waals surface area contributed by atoms with Crippen molar-refractivity contribution in [1.29, 1.82) is 0 Å². The van der Waals surface area contributed by atoms with E-state index in [0.717, 1.165) is 11.3 Å². The van der Waals surface area contributed by atoms with Crippen LogP contribution in [0.25, 0.3) is 5.69 Å². The number of hydrogen-bond acceptors (Lipinski definition) is 4.